The quantitative estimate of drug-likeness (QED) is 0.805. The Hall–Kier alpha value is -2.87. The molecule has 0 atom stereocenters. The predicted octanol–water partition coefficient (Wildman–Crippen LogP) is 3.07. The minimum atomic E-state index is -3.22. The zero-order valence-corrected chi connectivity index (χ0v) is 16.6. The van der Waals surface area contributed by atoms with E-state index in [2.05, 4.69) is 10.6 Å². The van der Waals surface area contributed by atoms with Crippen LogP contribution in [-0.4, -0.2) is 32.5 Å². The standard InChI is InChI=1S/C20H23N3O4S/c1-14(2)19(24)21-16-6-4-15(5-7-16)20(25)22-17-8-10-18(11-9-17)23-12-3-13-28(23,26)27/h4-11,14H,3,12-13H2,1-2H3,(H,21,24)(H,22,25). The Morgan fingerprint density at radius 2 is 1.50 bits per heavy atom. The van der Waals surface area contributed by atoms with Crippen molar-refractivity contribution >= 4 is 38.9 Å². The molecule has 1 heterocycles. The molecule has 1 fully saturated rings. The van der Waals surface area contributed by atoms with E-state index in [4.69, 9.17) is 0 Å². The van der Waals surface area contributed by atoms with E-state index in [0.29, 0.717) is 35.6 Å². The average Bonchev–Trinajstić information content (AvgIpc) is 3.02. The number of hydrogen-bond donors (Lipinski definition) is 2. The lowest BCUT2D eigenvalue weighted by Gasteiger charge is -2.17. The van der Waals surface area contributed by atoms with Gasteiger partial charge in [0.25, 0.3) is 5.91 Å². The lowest BCUT2D eigenvalue weighted by molar-refractivity contribution is -0.118. The van der Waals surface area contributed by atoms with Crippen LogP contribution in [0.25, 0.3) is 0 Å². The van der Waals surface area contributed by atoms with Gasteiger partial charge in [0, 0.05) is 29.4 Å². The third-order valence-electron chi connectivity index (χ3n) is 4.45. The Balaban J connectivity index is 1.64. The summed E-state index contributed by atoms with van der Waals surface area (Å²) in [6.45, 7) is 4.09. The fourth-order valence-electron chi connectivity index (χ4n) is 2.84. The van der Waals surface area contributed by atoms with Crippen molar-refractivity contribution in [2.45, 2.75) is 20.3 Å². The molecule has 0 spiro atoms. The monoisotopic (exact) mass is 401 g/mol. The molecular formula is C20H23N3O4S. The number of anilines is 3. The molecular weight excluding hydrogens is 378 g/mol. The van der Waals surface area contributed by atoms with E-state index in [-0.39, 0.29) is 23.5 Å². The number of hydrogen-bond acceptors (Lipinski definition) is 4. The van der Waals surface area contributed by atoms with Crippen LogP contribution in [0.3, 0.4) is 0 Å². The van der Waals surface area contributed by atoms with Gasteiger partial charge >= 0.3 is 0 Å². The molecule has 0 unspecified atom stereocenters. The lowest BCUT2D eigenvalue weighted by atomic mass is 10.1. The number of rotatable bonds is 5. The summed E-state index contributed by atoms with van der Waals surface area (Å²) >= 11 is 0. The van der Waals surface area contributed by atoms with Crippen molar-refractivity contribution in [3.63, 3.8) is 0 Å². The summed E-state index contributed by atoms with van der Waals surface area (Å²) in [6.07, 6.45) is 0.619. The fraction of sp³-hybridized carbons (Fsp3) is 0.300. The Morgan fingerprint density at radius 3 is 2.04 bits per heavy atom. The molecule has 1 aliphatic heterocycles. The van der Waals surface area contributed by atoms with Crippen LogP contribution in [0.15, 0.2) is 48.5 Å². The first-order valence-corrected chi connectivity index (χ1v) is 10.7. The molecule has 2 amide bonds. The number of carbonyl (C=O) groups excluding carboxylic acids is 2. The van der Waals surface area contributed by atoms with E-state index in [1.807, 2.05) is 13.8 Å². The van der Waals surface area contributed by atoms with E-state index < -0.39 is 10.0 Å². The third-order valence-corrected chi connectivity index (χ3v) is 6.32. The second-order valence-electron chi connectivity index (χ2n) is 6.96. The topological polar surface area (TPSA) is 95.6 Å². The molecule has 0 saturated carbocycles. The van der Waals surface area contributed by atoms with Gasteiger partial charge in [0.1, 0.15) is 0 Å². The zero-order chi connectivity index (χ0) is 20.3. The molecule has 8 heteroatoms. The van der Waals surface area contributed by atoms with Gasteiger partial charge in [-0.25, -0.2) is 8.42 Å². The second kappa shape index (κ2) is 8.02. The number of amides is 2. The minimum absolute atomic E-state index is 0.0858. The van der Waals surface area contributed by atoms with Crippen LogP contribution in [0.2, 0.25) is 0 Å². The van der Waals surface area contributed by atoms with Crippen molar-refractivity contribution < 1.29 is 18.0 Å². The Bertz CT molecular complexity index is 968. The first-order chi connectivity index (χ1) is 13.3. The van der Waals surface area contributed by atoms with E-state index in [0.717, 1.165) is 0 Å². The summed E-state index contributed by atoms with van der Waals surface area (Å²) in [6, 6.07) is 13.3. The summed E-state index contributed by atoms with van der Waals surface area (Å²) in [5.74, 6) is -0.332. The van der Waals surface area contributed by atoms with Gasteiger partial charge < -0.3 is 10.6 Å². The molecule has 2 aromatic carbocycles. The maximum Gasteiger partial charge on any atom is 0.255 e. The SMILES string of the molecule is CC(C)C(=O)Nc1ccc(C(=O)Nc2ccc(N3CCCS3(=O)=O)cc2)cc1. The highest BCUT2D eigenvalue weighted by Gasteiger charge is 2.28. The van der Waals surface area contributed by atoms with E-state index in [1.165, 1.54) is 4.31 Å². The van der Waals surface area contributed by atoms with Crippen LogP contribution >= 0.6 is 0 Å². The summed E-state index contributed by atoms with van der Waals surface area (Å²) in [4.78, 5) is 24.1. The molecule has 0 aliphatic carbocycles. The third kappa shape index (κ3) is 4.51. The van der Waals surface area contributed by atoms with Crippen LogP contribution in [0, 0.1) is 5.92 Å². The molecule has 0 radical (unpaired) electrons. The fourth-order valence-corrected chi connectivity index (χ4v) is 4.40. The normalized spacial score (nSPS) is 15.5. The van der Waals surface area contributed by atoms with Gasteiger partial charge in [0.2, 0.25) is 15.9 Å². The van der Waals surface area contributed by atoms with Gasteiger partial charge in [-0.2, -0.15) is 0 Å². The summed E-state index contributed by atoms with van der Waals surface area (Å²) in [5.41, 5.74) is 2.25. The van der Waals surface area contributed by atoms with Gasteiger partial charge in [-0.05, 0) is 55.0 Å². The molecule has 1 aliphatic rings. The smallest absolute Gasteiger partial charge is 0.255 e. The Labute approximate surface area is 164 Å². The van der Waals surface area contributed by atoms with Gasteiger partial charge in [-0.15, -0.1) is 0 Å². The highest BCUT2D eigenvalue weighted by molar-refractivity contribution is 7.93. The molecule has 148 valence electrons. The van der Waals surface area contributed by atoms with Gasteiger partial charge in [-0.3, -0.25) is 13.9 Å². The lowest BCUT2D eigenvalue weighted by Crippen LogP contribution is -2.25. The highest BCUT2D eigenvalue weighted by Crippen LogP contribution is 2.25. The number of nitrogens with one attached hydrogen (secondary N) is 2. The van der Waals surface area contributed by atoms with Crippen LogP contribution in [0.1, 0.15) is 30.6 Å². The van der Waals surface area contributed by atoms with Crippen LogP contribution in [0.5, 0.6) is 0 Å². The molecule has 0 aromatic heterocycles. The van der Waals surface area contributed by atoms with Crippen LogP contribution in [-0.2, 0) is 14.8 Å². The Morgan fingerprint density at radius 1 is 0.929 bits per heavy atom. The summed E-state index contributed by atoms with van der Waals surface area (Å²) in [5, 5.41) is 5.55. The highest BCUT2D eigenvalue weighted by atomic mass is 32.2. The van der Waals surface area contributed by atoms with Crippen molar-refractivity contribution in [3.05, 3.63) is 54.1 Å². The van der Waals surface area contributed by atoms with Gasteiger partial charge in [0.05, 0.1) is 11.4 Å². The van der Waals surface area contributed by atoms with E-state index in [1.54, 1.807) is 48.5 Å². The molecule has 2 aromatic rings. The van der Waals surface area contributed by atoms with Gasteiger partial charge in [-0.1, -0.05) is 13.8 Å². The minimum Gasteiger partial charge on any atom is -0.326 e. The number of nitrogens with zero attached hydrogens (tertiary/aromatic N) is 1. The number of sulfonamides is 1. The average molecular weight is 401 g/mol. The van der Waals surface area contributed by atoms with Gasteiger partial charge in [0.15, 0.2) is 0 Å². The first kappa shape index (κ1) is 19.9. The molecule has 7 nitrogen and oxygen atoms in total. The number of carbonyl (C=O) groups is 2. The molecule has 3 rings (SSSR count). The zero-order valence-electron chi connectivity index (χ0n) is 15.8. The first-order valence-electron chi connectivity index (χ1n) is 9.09. The van der Waals surface area contributed by atoms with Crippen molar-refractivity contribution in [1.29, 1.82) is 0 Å². The Kier molecular flexibility index (Phi) is 5.69. The van der Waals surface area contributed by atoms with E-state index in [9.17, 15) is 18.0 Å². The molecule has 28 heavy (non-hydrogen) atoms. The largest absolute Gasteiger partial charge is 0.326 e. The van der Waals surface area contributed by atoms with Crippen molar-refractivity contribution in [2.24, 2.45) is 5.92 Å². The molecule has 2 N–H and O–H groups in total. The summed E-state index contributed by atoms with van der Waals surface area (Å²) in [7, 11) is -3.22. The second-order valence-corrected chi connectivity index (χ2v) is 8.98. The van der Waals surface area contributed by atoms with Crippen LogP contribution < -0.4 is 14.9 Å². The predicted molar refractivity (Wildman–Crippen MR) is 110 cm³/mol. The van der Waals surface area contributed by atoms with Crippen molar-refractivity contribution in [3.8, 4) is 0 Å². The molecule has 0 bridgehead atoms. The molecule has 1 saturated heterocycles. The van der Waals surface area contributed by atoms with Crippen molar-refractivity contribution in [2.75, 3.05) is 27.2 Å². The maximum atomic E-state index is 12.4. The van der Waals surface area contributed by atoms with Crippen molar-refractivity contribution in [1.82, 2.24) is 0 Å². The maximum absolute atomic E-state index is 12.4. The van der Waals surface area contributed by atoms with E-state index >= 15 is 0 Å². The van der Waals surface area contributed by atoms with Crippen LogP contribution in [0.4, 0.5) is 17.1 Å². The summed E-state index contributed by atoms with van der Waals surface area (Å²) < 4.78 is 25.3. The number of benzene rings is 2.